The molecule has 0 saturated carbocycles. The minimum atomic E-state index is -0.793. The lowest BCUT2D eigenvalue weighted by atomic mass is 9.95. The average molecular weight is 456 g/mol. The number of carbonyl (C=O) groups is 2. The van der Waals surface area contributed by atoms with Gasteiger partial charge in [-0.15, -0.1) is 0 Å². The fourth-order valence-corrected chi connectivity index (χ4v) is 3.77. The third-order valence-corrected chi connectivity index (χ3v) is 5.42. The number of benzene rings is 2. The molecular formula is C25H29NO7. The SMILES string of the molecule is COc1ccc(C2/C(=C(/O)c3ccc(OC)cc3OC)C(=O)C(=O)N2CCOC(C)C)cc1. The molecule has 0 aromatic heterocycles. The van der Waals surface area contributed by atoms with Crippen molar-refractivity contribution < 1.29 is 33.6 Å². The number of carbonyl (C=O) groups excluding carboxylic acids is 2. The minimum Gasteiger partial charge on any atom is -0.507 e. The van der Waals surface area contributed by atoms with Crippen LogP contribution in [0, 0.1) is 0 Å². The number of methoxy groups -OCH3 is 3. The summed E-state index contributed by atoms with van der Waals surface area (Å²) >= 11 is 0. The Hall–Kier alpha value is -3.52. The monoisotopic (exact) mass is 455 g/mol. The van der Waals surface area contributed by atoms with Crippen LogP contribution in [-0.4, -0.2) is 62.3 Å². The number of ketones is 1. The molecule has 8 nitrogen and oxygen atoms in total. The number of hydrogen-bond acceptors (Lipinski definition) is 7. The van der Waals surface area contributed by atoms with Crippen LogP contribution >= 0.6 is 0 Å². The first-order chi connectivity index (χ1) is 15.8. The summed E-state index contributed by atoms with van der Waals surface area (Å²) in [5.74, 6) is -0.305. The highest BCUT2D eigenvalue weighted by Crippen LogP contribution is 2.41. The van der Waals surface area contributed by atoms with Crippen LogP contribution in [0.25, 0.3) is 5.76 Å². The van der Waals surface area contributed by atoms with Gasteiger partial charge in [-0.05, 0) is 43.7 Å². The van der Waals surface area contributed by atoms with E-state index in [1.165, 1.54) is 19.1 Å². The zero-order valence-electron chi connectivity index (χ0n) is 19.5. The van der Waals surface area contributed by atoms with Crippen LogP contribution in [0.3, 0.4) is 0 Å². The Morgan fingerprint density at radius 1 is 0.970 bits per heavy atom. The maximum Gasteiger partial charge on any atom is 0.295 e. The molecule has 1 aliphatic rings. The van der Waals surface area contributed by atoms with Gasteiger partial charge in [0.05, 0.1) is 51.2 Å². The highest BCUT2D eigenvalue weighted by Gasteiger charge is 2.46. The van der Waals surface area contributed by atoms with E-state index in [2.05, 4.69) is 0 Å². The Labute approximate surface area is 193 Å². The molecule has 1 amide bonds. The first kappa shape index (κ1) is 24.1. The van der Waals surface area contributed by atoms with Gasteiger partial charge in [-0.2, -0.15) is 0 Å². The van der Waals surface area contributed by atoms with Gasteiger partial charge in [0, 0.05) is 12.6 Å². The average Bonchev–Trinajstić information content (AvgIpc) is 3.08. The number of likely N-dealkylation sites (tertiary alicyclic amines) is 1. The lowest BCUT2D eigenvalue weighted by Gasteiger charge is -2.26. The van der Waals surface area contributed by atoms with Crippen molar-refractivity contribution in [3.05, 3.63) is 59.2 Å². The standard InChI is InChI=1S/C25H29NO7/c1-15(2)33-13-12-26-22(16-6-8-17(30-3)9-7-16)21(24(28)25(26)29)23(27)19-11-10-18(31-4)14-20(19)32-5/h6-11,14-15,22,27H,12-13H2,1-5H3/b23-21-. The molecule has 2 aromatic rings. The smallest absolute Gasteiger partial charge is 0.295 e. The Morgan fingerprint density at radius 2 is 1.61 bits per heavy atom. The predicted molar refractivity (Wildman–Crippen MR) is 123 cm³/mol. The van der Waals surface area contributed by atoms with E-state index >= 15 is 0 Å². The van der Waals surface area contributed by atoms with Gasteiger partial charge in [0.15, 0.2) is 0 Å². The van der Waals surface area contributed by atoms with E-state index in [9.17, 15) is 14.7 Å². The summed E-state index contributed by atoms with van der Waals surface area (Å²) in [6, 6.07) is 11.1. The molecule has 1 atom stereocenters. The van der Waals surface area contributed by atoms with Crippen molar-refractivity contribution >= 4 is 17.4 Å². The summed E-state index contributed by atoms with van der Waals surface area (Å²) in [5.41, 5.74) is 0.931. The lowest BCUT2D eigenvalue weighted by molar-refractivity contribution is -0.140. The van der Waals surface area contributed by atoms with Gasteiger partial charge in [0.25, 0.3) is 11.7 Å². The topological polar surface area (TPSA) is 94.5 Å². The molecular weight excluding hydrogens is 426 g/mol. The second-order valence-electron chi connectivity index (χ2n) is 7.75. The third-order valence-electron chi connectivity index (χ3n) is 5.42. The van der Waals surface area contributed by atoms with E-state index in [0.717, 1.165) is 0 Å². The van der Waals surface area contributed by atoms with Crippen molar-refractivity contribution in [2.75, 3.05) is 34.5 Å². The van der Waals surface area contributed by atoms with Gasteiger partial charge in [-0.3, -0.25) is 9.59 Å². The lowest BCUT2D eigenvalue weighted by Crippen LogP contribution is -2.33. The van der Waals surface area contributed by atoms with Crippen LogP contribution in [0.4, 0.5) is 0 Å². The van der Waals surface area contributed by atoms with Gasteiger partial charge >= 0.3 is 0 Å². The summed E-state index contributed by atoms with van der Waals surface area (Å²) in [6.07, 6.45) is -0.0233. The summed E-state index contributed by atoms with van der Waals surface area (Å²) in [5, 5.41) is 11.3. The number of rotatable bonds is 9. The minimum absolute atomic E-state index is 0.0156. The molecule has 33 heavy (non-hydrogen) atoms. The summed E-state index contributed by atoms with van der Waals surface area (Å²) in [6.45, 7) is 4.23. The van der Waals surface area contributed by atoms with Gasteiger partial charge in [0.2, 0.25) is 0 Å². The first-order valence-electron chi connectivity index (χ1n) is 10.6. The molecule has 1 saturated heterocycles. The molecule has 0 bridgehead atoms. The number of nitrogens with zero attached hydrogens (tertiary/aromatic N) is 1. The number of Topliss-reactive ketones (excluding diaryl/α,β-unsaturated/α-hetero) is 1. The number of aliphatic hydroxyl groups excluding tert-OH is 1. The molecule has 3 rings (SSSR count). The Kier molecular flexibility index (Phi) is 7.60. The first-order valence-corrected chi connectivity index (χ1v) is 10.6. The van der Waals surface area contributed by atoms with Crippen molar-refractivity contribution in [1.29, 1.82) is 0 Å². The number of aliphatic hydroxyl groups is 1. The van der Waals surface area contributed by atoms with Crippen molar-refractivity contribution in [1.82, 2.24) is 4.90 Å². The zero-order chi connectivity index (χ0) is 24.1. The van der Waals surface area contributed by atoms with E-state index in [0.29, 0.717) is 22.8 Å². The fourth-order valence-electron chi connectivity index (χ4n) is 3.77. The van der Waals surface area contributed by atoms with Crippen LogP contribution in [0.15, 0.2) is 48.0 Å². The van der Waals surface area contributed by atoms with Crippen molar-refractivity contribution in [2.24, 2.45) is 0 Å². The normalized spacial score (nSPS) is 17.5. The van der Waals surface area contributed by atoms with Gasteiger partial charge < -0.3 is 29.0 Å². The van der Waals surface area contributed by atoms with Crippen molar-refractivity contribution in [3.63, 3.8) is 0 Å². The highest BCUT2D eigenvalue weighted by molar-refractivity contribution is 6.46. The molecule has 1 fully saturated rings. The Morgan fingerprint density at radius 3 is 2.18 bits per heavy atom. The van der Waals surface area contributed by atoms with E-state index in [1.807, 2.05) is 13.8 Å². The molecule has 8 heteroatoms. The van der Waals surface area contributed by atoms with Gasteiger partial charge in [-0.25, -0.2) is 0 Å². The maximum atomic E-state index is 13.1. The predicted octanol–water partition coefficient (Wildman–Crippen LogP) is 3.56. The van der Waals surface area contributed by atoms with Crippen LogP contribution in [0.1, 0.15) is 31.0 Å². The Balaban J connectivity index is 2.13. The summed E-state index contributed by atoms with van der Waals surface area (Å²) in [7, 11) is 4.53. The van der Waals surface area contributed by atoms with Crippen molar-refractivity contribution in [2.45, 2.75) is 26.0 Å². The number of amides is 1. The molecule has 1 heterocycles. The van der Waals surface area contributed by atoms with Crippen LogP contribution in [0.2, 0.25) is 0 Å². The van der Waals surface area contributed by atoms with E-state index < -0.39 is 17.7 Å². The largest absolute Gasteiger partial charge is 0.507 e. The molecule has 1 aliphatic heterocycles. The molecule has 0 radical (unpaired) electrons. The quantitative estimate of drug-likeness (QED) is 0.351. The van der Waals surface area contributed by atoms with Crippen LogP contribution < -0.4 is 14.2 Å². The summed E-state index contributed by atoms with van der Waals surface area (Å²) < 4.78 is 21.5. The van der Waals surface area contributed by atoms with E-state index in [1.54, 1.807) is 49.6 Å². The molecule has 1 unspecified atom stereocenters. The molecule has 176 valence electrons. The Bertz CT molecular complexity index is 1040. The summed E-state index contributed by atoms with van der Waals surface area (Å²) in [4.78, 5) is 27.5. The van der Waals surface area contributed by atoms with Gasteiger partial charge in [-0.1, -0.05) is 12.1 Å². The van der Waals surface area contributed by atoms with Crippen LogP contribution in [-0.2, 0) is 14.3 Å². The second-order valence-corrected chi connectivity index (χ2v) is 7.75. The van der Waals surface area contributed by atoms with Crippen molar-refractivity contribution in [3.8, 4) is 17.2 Å². The fraction of sp³-hybridized carbons (Fsp3) is 0.360. The molecule has 0 aliphatic carbocycles. The second kappa shape index (κ2) is 10.4. The molecule has 1 N–H and O–H groups in total. The zero-order valence-corrected chi connectivity index (χ0v) is 19.5. The van der Waals surface area contributed by atoms with Crippen LogP contribution in [0.5, 0.6) is 17.2 Å². The van der Waals surface area contributed by atoms with E-state index in [4.69, 9.17) is 18.9 Å². The molecule has 2 aromatic carbocycles. The third kappa shape index (κ3) is 4.96. The van der Waals surface area contributed by atoms with E-state index in [-0.39, 0.29) is 36.2 Å². The molecule has 0 spiro atoms. The number of hydrogen-bond donors (Lipinski definition) is 1. The maximum absolute atomic E-state index is 13.1. The highest BCUT2D eigenvalue weighted by atomic mass is 16.5. The number of ether oxygens (including phenoxy) is 4. The van der Waals surface area contributed by atoms with Gasteiger partial charge in [0.1, 0.15) is 23.0 Å².